The van der Waals surface area contributed by atoms with Crippen molar-refractivity contribution in [2.75, 3.05) is 13.2 Å². The first kappa shape index (κ1) is 11.2. The molecule has 3 rings (SSSR count). The van der Waals surface area contributed by atoms with Crippen LogP contribution in [0.3, 0.4) is 0 Å². The molecule has 0 atom stereocenters. The number of fused-ring (bicyclic) bond motifs is 1. The first-order valence-electron chi connectivity index (χ1n) is 5.93. The number of carbonyl (C=O) groups excluding carboxylic acids is 1. The van der Waals surface area contributed by atoms with Crippen LogP contribution in [0.2, 0.25) is 0 Å². The second-order valence-corrected chi connectivity index (χ2v) is 4.41. The van der Waals surface area contributed by atoms with Crippen molar-refractivity contribution in [2.45, 2.75) is 20.3 Å². The Morgan fingerprint density at radius 2 is 2.28 bits per heavy atom. The fraction of sp³-hybridized carbons (Fsp3) is 0.417. The number of rotatable bonds is 1. The van der Waals surface area contributed by atoms with Crippen molar-refractivity contribution in [3.8, 4) is 0 Å². The summed E-state index contributed by atoms with van der Waals surface area (Å²) in [5.41, 5.74) is 2.96. The third-order valence-corrected chi connectivity index (χ3v) is 3.06. The fourth-order valence-electron chi connectivity index (χ4n) is 2.11. The molecule has 0 bridgehead atoms. The minimum atomic E-state index is -0.146. The standard InChI is InChI=1S/C12H14N4O2/c1-8-6-11-13-7-10(9(2)16(11)14-8)12(17)15-4-3-5-18-15/h6-7H,3-5H2,1-2H3. The summed E-state index contributed by atoms with van der Waals surface area (Å²) in [5, 5.41) is 5.72. The molecular formula is C12H14N4O2. The molecule has 1 fully saturated rings. The van der Waals surface area contributed by atoms with E-state index >= 15 is 0 Å². The van der Waals surface area contributed by atoms with Crippen LogP contribution >= 0.6 is 0 Å². The van der Waals surface area contributed by atoms with Gasteiger partial charge in [0.25, 0.3) is 5.91 Å². The van der Waals surface area contributed by atoms with Gasteiger partial charge >= 0.3 is 0 Å². The SMILES string of the molecule is Cc1cc2ncc(C(=O)N3CCCO3)c(C)n2n1. The first-order chi connectivity index (χ1) is 8.66. The molecule has 1 aliphatic rings. The van der Waals surface area contributed by atoms with Gasteiger partial charge in [0.15, 0.2) is 5.65 Å². The van der Waals surface area contributed by atoms with Crippen LogP contribution in [0.1, 0.15) is 28.2 Å². The Kier molecular flexibility index (Phi) is 2.52. The summed E-state index contributed by atoms with van der Waals surface area (Å²) in [6.07, 6.45) is 2.47. The number of nitrogens with zero attached hydrogens (tertiary/aromatic N) is 4. The Morgan fingerprint density at radius 3 is 3.00 bits per heavy atom. The highest BCUT2D eigenvalue weighted by molar-refractivity contribution is 5.94. The van der Waals surface area contributed by atoms with E-state index in [0.717, 1.165) is 23.5 Å². The molecule has 3 heterocycles. The molecule has 6 nitrogen and oxygen atoms in total. The largest absolute Gasteiger partial charge is 0.280 e. The number of hydrogen-bond acceptors (Lipinski definition) is 4. The topological polar surface area (TPSA) is 59.7 Å². The third-order valence-electron chi connectivity index (χ3n) is 3.06. The van der Waals surface area contributed by atoms with E-state index in [0.29, 0.717) is 18.7 Å². The number of carbonyl (C=O) groups is 1. The van der Waals surface area contributed by atoms with Gasteiger partial charge in [-0.2, -0.15) is 5.10 Å². The van der Waals surface area contributed by atoms with Gasteiger partial charge in [-0.3, -0.25) is 9.63 Å². The van der Waals surface area contributed by atoms with E-state index in [1.54, 1.807) is 10.7 Å². The Morgan fingerprint density at radius 1 is 1.44 bits per heavy atom. The molecule has 94 valence electrons. The van der Waals surface area contributed by atoms with E-state index in [9.17, 15) is 4.79 Å². The van der Waals surface area contributed by atoms with Crippen LogP contribution in [-0.4, -0.2) is 38.7 Å². The molecule has 0 spiro atoms. The number of hydrogen-bond donors (Lipinski definition) is 0. The van der Waals surface area contributed by atoms with Crippen molar-refractivity contribution in [2.24, 2.45) is 0 Å². The van der Waals surface area contributed by atoms with Gasteiger partial charge in [0.2, 0.25) is 0 Å². The van der Waals surface area contributed by atoms with Gasteiger partial charge in [0, 0.05) is 12.3 Å². The zero-order valence-corrected chi connectivity index (χ0v) is 10.4. The maximum Gasteiger partial charge on any atom is 0.280 e. The van der Waals surface area contributed by atoms with E-state index in [1.165, 1.54) is 5.06 Å². The van der Waals surface area contributed by atoms with Crippen molar-refractivity contribution >= 4 is 11.6 Å². The molecule has 0 unspecified atom stereocenters. The first-order valence-corrected chi connectivity index (χ1v) is 5.93. The van der Waals surface area contributed by atoms with E-state index < -0.39 is 0 Å². The smallest absolute Gasteiger partial charge is 0.271 e. The average molecular weight is 246 g/mol. The summed E-state index contributed by atoms with van der Waals surface area (Å²) in [4.78, 5) is 21.8. The second kappa shape index (κ2) is 4.06. The molecule has 0 N–H and O–H groups in total. The Labute approximate surface area is 104 Å². The molecule has 0 aliphatic carbocycles. The molecule has 1 aliphatic heterocycles. The van der Waals surface area contributed by atoms with E-state index in [2.05, 4.69) is 10.1 Å². The quantitative estimate of drug-likeness (QED) is 0.756. The van der Waals surface area contributed by atoms with Crippen LogP contribution in [0.25, 0.3) is 5.65 Å². The number of aromatic nitrogens is 3. The van der Waals surface area contributed by atoms with Crippen LogP contribution < -0.4 is 0 Å². The molecule has 2 aromatic heterocycles. The number of hydroxylamine groups is 2. The van der Waals surface area contributed by atoms with E-state index in [-0.39, 0.29) is 5.91 Å². The summed E-state index contributed by atoms with van der Waals surface area (Å²) in [6.45, 7) is 5.00. The maximum absolute atomic E-state index is 12.2. The monoisotopic (exact) mass is 246 g/mol. The normalized spacial score (nSPS) is 15.6. The summed E-state index contributed by atoms with van der Waals surface area (Å²) in [5.74, 6) is -0.146. The van der Waals surface area contributed by atoms with Crippen molar-refractivity contribution in [1.82, 2.24) is 19.7 Å². The van der Waals surface area contributed by atoms with Gasteiger partial charge in [-0.15, -0.1) is 0 Å². The molecule has 18 heavy (non-hydrogen) atoms. The Balaban J connectivity index is 2.06. The summed E-state index contributed by atoms with van der Waals surface area (Å²) < 4.78 is 1.69. The number of aryl methyl sites for hydroxylation is 2. The van der Waals surface area contributed by atoms with Gasteiger partial charge < -0.3 is 0 Å². The lowest BCUT2D eigenvalue weighted by Gasteiger charge is -2.15. The van der Waals surface area contributed by atoms with Crippen LogP contribution in [0, 0.1) is 13.8 Å². The highest BCUT2D eigenvalue weighted by Gasteiger charge is 2.23. The molecule has 1 amide bonds. The van der Waals surface area contributed by atoms with Gasteiger partial charge in [0.1, 0.15) is 0 Å². The van der Waals surface area contributed by atoms with Crippen molar-refractivity contribution in [3.05, 3.63) is 29.2 Å². The lowest BCUT2D eigenvalue weighted by atomic mass is 10.2. The van der Waals surface area contributed by atoms with Crippen molar-refractivity contribution in [3.63, 3.8) is 0 Å². The third kappa shape index (κ3) is 1.65. The van der Waals surface area contributed by atoms with E-state index in [4.69, 9.17) is 4.84 Å². The van der Waals surface area contributed by atoms with Gasteiger partial charge in [-0.05, 0) is 20.3 Å². The summed E-state index contributed by atoms with van der Waals surface area (Å²) in [7, 11) is 0. The van der Waals surface area contributed by atoms with Crippen molar-refractivity contribution in [1.29, 1.82) is 0 Å². The lowest BCUT2D eigenvalue weighted by molar-refractivity contribution is -0.0769. The highest BCUT2D eigenvalue weighted by Crippen LogP contribution is 2.15. The zero-order chi connectivity index (χ0) is 12.7. The fourth-order valence-corrected chi connectivity index (χ4v) is 2.11. The molecule has 1 saturated heterocycles. The molecule has 2 aromatic rings. The number of amides is 1. The molecule has 0 aromatic carbocycles. The van der Waals surface area contributed by atoms with Crippen LogP contribution in [0.15, 0.2) is 12.3 Å². The van der Waals surface area contributed by atoms with Crippen LogP contribution in [0.5, 0.6) is 0 Å². The zero-order valence-electron chi connectivity index (χ0n) is 10.4. The van der Waals surface area contributed by atoms with E-state index in [1.807, 2.05) is 19.9 Å². The Hall–Kier alpha value is -1.95. The van der Waals surface area contributed by atoms with Gasteiger partial charge in [0.05, 0.1) is 30.1 Å². The second-order valence-electron chi connectivity index (χ2n) is 4.41. The lowest BCUT2D eigenvalue weighted by Crippen LogP contribution is -2.28. The van der Waals surface area contributed by atoms with Crippen molar-refractivity contribution < 1.29 is 9.63 Å². The molecule has 6 heteroatoms. The molecule has 0 radical (unpaired) electrons. The Bertz CT molecular complexity index is 614. The van der Waals surface area contributed by atoms with Gasteiger partial charge in [-0.25, -0.2) is 14.6 Å². The van der Waals surface area contributed by atoms with Crippen LogP contribution in [0.4, 0.5) is 0 Å². The highest BCUT2D eigenvalue weighted by atomic mass is 16.7. The van der Waals surface area contributed by atoms with Crippen LogP contribution in [-0.2, 0) is 4.84 Å². The minimum Gasteiger partial charge on any atom is -0.271 e. The summed E-state index contributed by atoms with van der Waals surface area (Å²) in [6, 6.07) is 1.88. The summed E-state index contributed by atoms with van der Waals surface area (Å²) >= 11 is 0. The predicted octanol–water partition coefficient (Wildman–Crippen LogP) is 1.12. The maximum atomic E-state index is 12.2. The van der Waals surface area contributed by atoms with Gasteiger partial charge in [-0.1, -0.05) is 0 Å². The minimum absolute atomic E-state index is 0.146. The molecule has 0 saturated carbocycles. The molecular weight excluding hydrogens is 232 g/mol. The average Bonchev–Trinajstić information content (AvgIpc) is 2.97. The predicted molar refractivity (Wildman–Crippen MR) is 64.1 cm³/mol.